The topological polar surface area (TPSA) is 29.3 Å². The first-order chi connectivity index (χ1) is 9.09. The lowest BCUT2D eigenvalue weighted by molar-refractivity contribution is 0.00909. The van der Waals surface area contributed by atoms with E-state index in [4.69, 9.17) is 5.73 Å². The zero-order valence-corrected chi connectivity index (χ0v) is 13.3. The van der Waals surface area contributed by atoms with E-state index in [1.165, 1.54) is 57.9 Å². The summed E-state index contributed by atoms with van der Waals surface area (Å²) in [7, 11) is 0. The number of hydrogen-bond donors (Lipinski definition) is 1. The molecular weight excluding hydrogens is 232 g/mol. The van der Waals surface area contributed by atoms with Crippen molar-refractivity contribution in [1.29, 1.82) is 0 Å². The van der Waals surface area contributed by atoms with Crippen LogP contribution in [0.25, 0.3) is 0 Å². The molecule has 2 fully saturated rings. The molecule has 1 aliphatic heterocycles. The van der Waals surface area contributed by atoms with Crippen molar-refractivity contribution in [1.82, 2.24) is 4.90 Å². The van der Waals surface area contributed by atoms with Crippen LogP contribution in [0.15, 0.2) is 0 Å². The molecule has 0 aromatic heterocycles. The van der Waals surface area contributed by atoms with Crippen LogP contribution in [0.2, 0.25) is 0 Å². The summed E-state index contributed by atoms with van der Waals surface area (Å²) in [5.41, 5.74) is 6.59. The molecule has 1 atom stereocenters. The molecule has 2 rings (SSSR count). The Balaban J connectivity index is 2.05. The van der Waals surface area contributed by atoms with E-state index in [2.05, 4.69) is 25.7 Å². The van der Waals surface area contributed by atoms with E-state index in [0.717, 1.165) is 24.4 Å². The van der Waals surface area contributed by atoms with E-state index in [1.807, 2.05) is 0 Å². The van der Waals surface area contributed by atoms with Gasteiger partial charge in [0.05, 0.1) is 0 Å². The molecule has 1 saturated heterocycles. The predicted molar refractivity (Wildman–Crippen MR) is 83.2 cm³/mol. The largest absolute Gasteiger partial charge is 0.329 e. The maximum absolute atomic E-state index is 6.26. The Morgan fingerprint density at radius 1 is 1.11 bits per heavy atom. The van der Waals surface area contributed by atoms with Gasteiger partial charge in [0.15, 0.2) is 0 Å². The molecule has 0 aromatic rings. The van der Waals surface area contributed by atoms with Crippen LogP contribution in [0.4, 0.5) is 0 Å². The van der Waals surface area contributed by atoms with Crippen LogP contribution in [-0.2, 0) is 0 Å². The van der Waals surface area contributed by atoms with E-state index in [1.54, 1.807) is 0 Å². The van der Waals surface area contributed by atoms with Crippen molar-refractivity contribution in [3.8, 4) is 0 Å². The molecule has 0 aromatic carbocycles. The van der Waals surface area contributed by atoms with Gasteiger partial charge in [-0.05, 0) is 63.8 Å². The smallest absolute Gasteiger partial charge is 0.0334 e. The van der Waals surface area contributed by atoms with Gasteiger partial charge < -0.3 is 5.73 Å². The third-order valence-corrected chi connectivity index (χ3v) is 5.95. The minimum Gasteiger partial charge on any atom is -0.329 e. The number of rotatable bonds is 3. The summed E-state index contributed by atoms with van der Waals surface area (Å²) in [6.45, 7) is 9.34. The van der Waals surface area contributed by atoms with E-state index in [9.17, 15) is 0 Å². The standard InChI is InChI=1S/C17H34N2/c1-14(2)16-8-10-17(13-18,11-9-16)19-12-6-4-5-7-15(19)3/h14-16H,4-13,18H2,1-3H3. The fraction of sp³-hybridized carbons (Fsp3) is 1.00. The lowest BCUT2D eigenvalue weighted by Gasteiger charge is -2.50. The number of likely N-dealkylation sites (tertiary alicyclic amines) is 1. The Kier molecular flexibility index (Phi) is 5.30. The summed E-state index contributed by atoms with van der Waals surface area (Å²) in [6.07, 6.45) is 11.0. The zero-order chi connectivity index (χ0) is 13.9. The molecule has 0 bridgehead atoms. The highest BCUT2D eigenvalue weighted by atomic mass is 15.2. The Hall–Kier alpha value is -0.0800. The molecule has 19 heavy (non-hydrogen) atoms. The minimum atomic E-state index is 0.329. The molecule has 2 heteroatoms. The highest BCUT2D eigenvalue weighted by Gasteiger charge is 2.41. The Labute approximate surface area is 120 Å². The summed E-state index contributed by atoms with van der Waals surface area (Å²) < 4.78 is 0. The monoisotopic (exact) mass is 266 g/mol. The molecule has 1 aliphatic carbocycles. The minimum absolute atomic E-state index is 0.329. The average Bonchev–Trinajstić information content (AvgIpc) is 2.64. The van der Waals surface area contributed by atoms with Gasteiger partial charge in [-0.1, -0.05) is 26.7 Å². The van der Waals surface area contributed by atoms with Crippen molar-refractivity contribution >= 4 is 0 Å². The van der Waals surface area contributed by atoms with Crippen molar-refractivity contribution in [3.63, 3.8) is 0 Å². The lowest BCUT2D eigenvalue weighted by Crippen LogP contribution is -2.58. The van der Waals surface area contributed by atoms with Gasteiger partial charge in [-0.15, -0.1) is 0 Å². The third kappa shape index (κ3) is 3.33. The molecule has 1 heterocycles. The van der Waals surface area contributed by atoms with Crippen LogP contribution in [-0.4, -0.2) is 29.6 Å². The van der Waals surface area contributed by atoms with Crippen LogP contribution in [0.1, 0.15) is 72.1 Å². The lowest BCUT2D eigenvalue weighted by atomic mass is 9.71. The van der Waals surface area contributed by atoms with Crippen molar-refractivity contribution in [2.24, 2.45) is 17.6 Å². The van der Waals surface area contributed by atoms with Gasteiger partial charge in [-0.3, -0.25) is 4.90 Å². The summed E-state index contributed by atoms with van der Waals surface area (Å²) in [5.74, 6) is 1.78. The zero-order valence-electron chi connectivity index (χ0n) is 13.3. The fourth-order valence-electron chi connectivity index (χ4n) is 4.43. The predicted octanol–water partition coefficient (Wildman–Crippen LogP) is 3.79. The summed E-state index contributed by atoms with van der Waals surface area (Å²) in [6, 6.07) is 0.738. The third-order valence-electron chi connectivity index (χ3n) is 5.95. The molecule has 2 aliphatic rings. The normalized spacial score (nSPS) is 38.4. The van der Waals surface area contributed by atoms with Gasteiger partial charge >= 0.3 is 0 Å². The molecule has 0 amide bonds. The molecular formula is C17H34N2. The molecule has 0 radical (unpaired) electrons. The van der Waals surface area contributed by atoms with Gasteiger partial charge in [0.2, 0.25) is 0 Å². The first-order valence-electron chi connectivity index (χ1n) is 8.56. The SMILES string of the molecule is CC(C)C1CCC(CN)(N2CCCCCC2C)CC1. The van der Waals surface area contributed by atoms with E-state index >= 15 is 0 Å². The van der Waals surface area contributed by atoms with Gasteiger partial charge in [-0.2, -0.15) is 0 Å². The summed E-state index contributed by atoms with van der Waals surface area (Å²) in [4.78, 5) is 2.80. The molecule has 0 spiro atoms. The van der Waals surface area contributed by atoms with E-state index in [0.29, 0.717) is 5.54 Å². The van der Waals surface area contributed by atoms with Gasteiger partial charge in [0.1, 0.15) is 0 Å². The first kappa shape index (κ1) is 15.3. The second kappa shape index (κ2) is 6.58. The summed E-state index contributed by atoms with van der Waals surface area (Å²) >= 11 is 0. The van der Waals surface area contributed by atoms with Gasteiger partial charge in [0, 0.05) is 18.1 Å². The Morgan fingerprint density at radius 2 is 1.79 bits per heavy atom. The molecule has 112 valence electrons. The van der Waals surface area contributed by atoms with Crippen LogP contribution in [0.5, 0.6) is 0 Å². The van der Waals surface area contributed by atoms with E-state index < -0.39 is 0 Å². The Bertz CT molecular complexity index is 266. The second-order valence-electron chi connectivity index (χ2n) is 7.40. The number of nitrogens with zero attached hydrogens (tertiary/aromatic N) is 1. The van der Waals surface area contributed by atoms with Gasteiger partial charge in [0.25, 0.3) is 0 Å². The van der Waals surface area contributed by atoms with Crippen molar-refractivity contribution < 1.29 is 0 Å². The van der Waals surface area contributed by atoms with Crippen molar-refractivity contribution in [3.05, 3.63) is 0 Å². The van der Waals surface area contributed by atoms with Crippen molar-refractivity contribution in [2.45, 2.75) is 83.7 Å². The van der Waals surface area contributed by atoms with Crippen LogP contribution >= 0.6 is 0 Å². The molecule has 2 nitrogen and oxygen atoms in total. The number of nitrogens with two attached hydrogens (primary N) is 1. The first-order valence-corrected chi connectivity index (χ1v) is 8.56. The maximum atomic E-state index is 6.26. The van der Waals surface area contributed by atoms with Crippen LogP contribution < -0.4 is 5.73 Å². The van der Waals surface area contributed by atoms with Crippen LogP contribution in [0.3, 0.4) is 0 Å². The van der Waals surface area contributed by atoms with Crippen molar-refractivity contribution in [2.75, 3.05) is 13.1 Å². The Morgan fingerprint density at radius 3 is 2.37 bits per heavy atom. The maximum Gasteiger partial charge on any atom is 0.0334 e. The second-order valence-corrected chi connectivity index (χ2v) is 7.40. The highest BCUT2D eigenvalue weighted by molar-refractivity contribution is 4.98. The van der Waals surface area contributed by atoms with E-state index in [-0.39, 0.29) is 0 Å². The van der Waals surface area contributed by atoms with Gasteiger partial charge in [-0.25, -0.2) is 0 Å². The number of hydrogen-bond acceptors (Lipinski definition) is 2. The summed E-state index contributed by atoms with van der Waals surface area (Å²) in [5, 5.41) is 0. The fourth-order valence-corrected chi connectivity index (χ4v) is 4.43. The quantitative estimate of drug-likeness (QED) is 0.842. The van der Waals surface area contributed by atoms with Crippen LogP contribution in [0, 0.1) is 11.8 Å². The average molecular weight is 266 g/mol. The molecule has 1 unspecified atom stereocenters. The molecule has 1 saturated carbocycles. The molecule has 2 N–H and O–H groups in total. The highest BCUT2D eigenvalue weighted by Crippen LogP contribution is 2.40.